The molecule has 33 heavy (non-hydrogen) atoms. The highest BCUT2D eigenvalue weighted by molar-refractivity contribution is 7.14. The third kappa shape index (κ3) is 3.92. The fourth-order valence-corrected chi connectivity index (χ4v) is 4.94. The van der Waals surface area contributed by atoms with Crippen LogP contribution in [0.2, 0.25) is 5.02 Å². The van der Waals surface area contributed by atoms with Crippen LogP contribution in [0.3, 0.4) is 0 Å². The Bertz CT molecular complexity index is 1490. The third-order valence-electron chi connectivity index (χ3n) is 5.46. The standard InChI is InChI=1S/C24H19ClN4O3S/c1-14(30)29(18-4-3-5-19(12-18)32-2)24-26-17(13-33-24)10-15-8-9-28-22(15)27-21-7-6-16(25)11-20(21)23(28)31/h3-7,10-13H,8-9H2,1-2H3. The third-order valence-corrected chi connectivity index (χ3v) is 6.54. The summed E-state index contributed by atoms with van der Waals surface area (Å²) in [6, 6.07) is 12.4. The van der Waals surface area contributed by atoms with Gasteiger partial charge in [-0.25, -0.2) is 9.97 Å². The number of methoxy groups -OCH3 is 1. The summed E-state index contributed by atoms with van der Waals surface area (Å²) in [7, 11) is 1.58. The zero-order valence-electron chi connectivity index (χ0n) is 17.9. The van der Waals surface area contributed by atoms with Crippen LogP contribution < -0.4 is 15.2 Å². The number of hydrogen-bond donors (Lipinski definition) is 0. The molecule has 0 saturated heterocycles. The van der Waals surface area contributed by atoms with Crippen LogP contribution in [0, 0.1) is 0 Å². The predicted octanol–water partition coefficient (Wildman–Crippen LogP) is 5.14. The second-order valence-electron chi connectivity index (χ2n) is 7.58. The maximum atomic E-state index is 12.9. The van der Waals surface area contributed by atoms with Crippen molar-refractivity contribution >= 4 is 62.2 Å². The highest BCUT2D eigenvalue weighted by Gasteiger charge is 2.22. The quantitative estimate of drug-likeness (QED) is 0.405. The first kappa shape index (κ1) is 21.4. The summed E-state index contributed by atoms with van der Waals surface area (Å²) in [4.78, 5) is 36.3. The molecule has 4 aromatic rings. The van der Waals surface area contributed by atoms with Crippen molar-refractivity contribution in [3.63, 3.8) is 0 Å². The second-order valence-corrected chi connectivity index (χ2v) is 8.86. The second kappa shape index (κ2) is 8.46. The van der Waals surface area contributed by atoms with Gasteiger partial charge >= 0.3 is 0 Å². The Morgan fingerprint density at radius 2 is 2.09 bits per heavy atom. The van der Waals surface area contributed by atoms with Gasteiger partial charge in [0.2, 0.25) is 5.91 Å². The summed E-state index contributed by atoms with van der Waals surface area (Å²) in [5.41, 5.74) is 2.83. The molecule has 1 amide bonds. The molecule has 0 aliphatic carbocycles. The molecule has 1 aliphatic rings. The highest BCUT2D eigenvalue weighted by atomic mass is 35.5. The van der Waals surface area contributed by atoms with Gasteiger partial charge in [-0.05, 0) is 48.4 Å². The number of halogens is 1. The first-order valence-corrected chi connectivity index (χ1v) is 11.5. The fourth-order valence-electron chi connectivity index (χ4n) is 3.93. The SMILES string of the molecule is COc1cccc(N(C(C)=O)c2nc(C=C3CCn4c3nc3ccc(Cl)cc3c4=O)cs2)c1. The molecule has 5 rings (SSSR count). The number of hydrogen-bond acceptors (Lipinski definition) is 6. The molecule has 0 spiro atoms. The maximum absolute atomic E-state index is 12.9. The summed E-state index contributed by atoms with van der Waals surface area (Å²) in [6.07, 6.45) is 2.60. The van der Waals surface area contributed by atoms with Gasteiger partial charge in [-0.1, -0.05) is 17.7 Å². The molecule has 166 valence electrons. The lowest BCUT2D eigenvalue weighted by Gasteiger charge is -2.18. The monoisotopic (exact) mass is 478 g/mol. The Hall–Kier alpha value is -3.49. The molecule has 7 nitrogen and oxygen atoms in total. The number of benzene rings is 2. The lowest BCUT2D eigenvalue weighted by Crippen LogP contribution is -2.22. The topological polar surface area (TPSA) is 77.3 Å². The first-order chi connectivity index (χ1) is 15.9. The molecule has 0 bridgehead atoms. The van der Waals surface area contributed by atoms with Crippen LogP contribution in [0.5, 0.6) is 5.75 Å². The summed E-state index contributed by atoms with van der Waals surface area (Å²) < 4.78 is 6.96. The van der Waals surface area contributed by atoms with E-state index in [1.807, 2.05) is 29.7 Å². The molecule has 0 fully saturated rings. The Morgan fingerprint density at radius 1 is 1.24 bits per heavy atom. The molecule has 2 aromatic carbocycles. The average molecular weight is 479 g/mol. The van der Waals surface area contributed by atoms with Crippen LogP contribution >= 0.6 is 22.9 Å². The number of anilines is 2. The number of rotatable bonds is 4. The number of carbonyl (C=O) groups is 1. The zero-order chi connectivity index (χ0) is 23.1. The number of nitrogens with zero attached hydrogens (tertiary/aromatic N) is 4. The molecule has 0 atom stereocenters. The van der Waals surface area contributed by atoms with Crippen molar-refractivity contribution in [1.82, 2.24) is 14.5 Å². The van der Waals surface area contributed by atoms with E-state index in [2.05, 4.69) is 4.98 Å². The molecule has 1 aliphatic heterocycles. The van der Waals surface area contributed by atoms with Crippen molar-refractivity contribution in [2.75, 3.05) is 12.0 Å². The van der Waals surface area contributed by atoms with Gasteiger partial charge in [0, 0.05) is 29.9 Å². The van der Waals surface area contributed by atoms with Gasteiger partial charge in [-0.2, -0.15) is 0 Å². The Morgan fingerprint density at radius 3 is 2.88 bits per heavy atom. The van der Waals surface area contributed by atoms with Crippen molar-refractivity contribution in [2.45, 2.75) is 19.9 Å². The molecule has 0 N–H and O–H groups in total. The highest BCUT2D eigenvalue weighted by Crippen LogP contribution is 2.33. The summed E-state index contributed by atoms with van der Waals surface area (Å²) in [5, 5.41) is 3.47. The molecule has 2 aromatic heterocycles. The molecule has 0 radical (unpaired) electrons. The minimum absolute atomic E-state index is 0.0966. The van der Waals surface area contributed by atoms with E-state index in [1.54, 1.807) is 40.8 Å². The molecule has 3 heterocycles. The number of fused-ring (bicyclic) bond motifs is 2. The lowest BCUT2D eigenvalue weighted by atomic mass is 10.2. The van der Waals surface area contributed by atoms with E-state index in [0.717, 1.165) is 5.57 Å². The van der Waals surface area contributed by atoms with Gasteiger partial charge in [0.1, 0.15) is 11.6 Å². The van der Waals surface area contributed by atoms with Crippen molar-refractivity contribution in [1.29, 1.82) is 0 Å². The number of thiazole rings is 1. The van der Waals surface area contributed by atoms with Crippen LogP contribution in [0.15, 0.2) is 52.6 Å². The van der Waals surface area contributed by atoms with Crippen LogP contribution in [-0.4, -0.2) is 27.6 Å². The maximum Gasteiger partial charge on any atom is 0.261 e. The number of carbonyl (C=O) groups excluding carboxylic acids is 1. The minimum atomic E-state index is -0.152. The van der Waals surface area contributed by atoms with Gasteiger partial charge < -0.3 is 4.74 Å². The fraction of sp³-hybridized carbons (Fsp3) is 0.167. The van der Waals surface area contributed by atoms with E-state index < -0.39 is 0 Å². The summed E-state index contributed by atoms with van der Waals surface area (Å²) >= 11 is 7.43. The number of allylic oxidation sites excluding steroid dienone is 1. The smallest absolute Gasteiger partial charge is 0.261 e. The summed E-state index contributed by atoms with van der Waals surface area (Å²) in [5.74, 6) is 1.15. The van der Waals surface area contributed by atoms with Gasteiger partial charge in [0.25, 0.3) is 5.56 Å². The number of ether oxygens (including phenoxy) is 1. The van der Waals surface area contributed by atoms with Crippen molar-refractivity contribution < 1.29 is 9.53 Å². The first-order valence-electron chi connectivity index (χ1n) is 10.3. The zero-order valence-corrected chi connectivity index (χ0v) is 19.5. The normalized spacial score (nSPS) is 14.0. The van der Waals surface area contributed by atoms with Crippen LogP contribution in [0.25, 0.3) is 22.6 Å². The van der Waals surface area contributed by atoms with Gasteiger partial charge in [0.15, 0.2) is 5.13 Å². The van der Waals surface area contributed by atoms with Crippen LogP contribution in [0.1, 0.15) is 24.9 Å². The molecule has 0 saturated carbocycles. The molecular weight excluding hydrogens is 460 g/mol. The predicted molar refractivity (Wildman–Crippen MR) is 131 cm³/mol. The Balaban J connectivity index is 1.52. The number of amides is 1. The van der Waals surface area contributed by atoms with E-state index in [0.29, 0.717) is 57.0 Å². The van der Waals surface area contributed by atoms with Gasteiger partial charge in [-0.15, -0.1) is 11.3 Å². The van der Waals surface area contributed by atoms with Crippen molar-refractivity contribution in [3.8, 4) is 5.75 Å². The molecule has 9 heteroatoms. The van der Waals surface area contributed by atoms with E-state index in [4.69, 9.17) is 21.3 Å². The van der Waals surface area contributed by atoms with E-state index >= 15 is 0 Å². The Kier molecular flexibility index (Phi) is 5.47. The van der Waals surface area contributed by atoms with E-state index in [-0.39, 0.29) is 11.5 Å². The average Bonchev–Trinajstić information content (AvgIpc) is 3.42. The van der Waals surface area contributed by atoms with E-state index in [1.165, 1.54) is 18.3 Å². The van der Waals surface area contributed by atoms with Crippen LogP contribution in [0.4, 0.5) is 10.8 Å². The Labute approximate surface area is 198 Å². The van der Waals surface area contributed by atoms with E-state index in [9.17, 15) is 9.59 Å². The molecular formula is C24H19ClN4O3S. The number of aromatic nitrogens is 3. The lowest BCUT2D eigenvalue weighted by molar-refractivity contribution is -0.115. The largest absolute Gasteiger partial charge is 0.497 e. The van der Waals surface area contributed by atoms with Crippen molar-refractivity contribution in [3.05, 3.63) is 74.7 Å². The summed E-state index contributed by atoms with van der Waals surface area (Å²) in [6.45, 7) is 2.05. The minimum Gasteiger partial charge on any atom is -0.497 e. The van der Waals surface area contributed by atoms with Gasteiger partial charge in [-0.3, -0.25) is 19.1 Å². The van der Waals surface area contributed by atoms with Crippen molar-refractivity contribution in [2.24, 2.45) is 0 Å². The molecule has 0 unspecified atom stereocenters. The van der Waals surface area contributed by atoms with Gasteiger partial charge in [0.05, 0.1) is 29.4 Å². The van der Waals surface area contributed by atoms with Crippen LogP contribution in [-0.2, 0) is 11.3 Å².